The summed E-state index contributed by atoms with van der Waals surface area (Å²) in [5.41, 5.74) is 16.6. The molecule has 0 aliphatic heterocycles. The molecule has 0 amide bonds. The smallest absolute Gasteiger partial charge is 0.333 e. The van der Waals surface area contributed by atoms with Gasteiger partial charge in [-0.05, 0) is 260 Å². The van der Waals surface area contributed by atoms with Gasteiger partial charge in [0.05, 0.1) is 45.2 Å². The zero-order valence-corrected chi connectivity index (χ0v) is 76.5. The summed E-state index contributed by atoms with van der Waals surface area (Å²) in [6, 6.07) is 15.2. The van der Waals surface area contributed by atoms with Crippen molar-refractivity contribution in [2.45, 2.75) is 267 Å². The summed E-state index contributed by atoms with van der Waals surface area (Å²) in [5, 5.41) is 70.7. The number of aliphatic hydroxyl groups excluding tert-OH is 1. The van der Waals surface area contributed by atoms with Crippen molar-refractivity contribution in [3.05, 3.63) is 237 Å². The number of phenolic OH excluding ortho intramolecular Hbond substituents is 5. The SMILES string of the molecule is C=C(C)[C@@H]1CCC(C)=C[C@H]1c1c(O)cc(CCCCC)cc1O.C=C(C)[C@@H]1CCC(C)=C[C@H]1c1c(O)cc(CCCCC)cc1O/C=C/C(=O)OC.C=C(C)[C@@H]1CCC(C)=C[C@H]1c1c(O)cc(CCCCC)cc1O/C=C/S(C)(=O)=O.C=C(C)[C@@H]1CCC(C)=C[C@H]1c1c(O)cc(CCCCC)cc1OC(/C=C(\O)OC)NC.CN/C=C\C(=O)OC. The molecule has 120 heavy (non-hydrogen) atoms. The number of carbonyl (C=O) groups excluding carboxylic acids is 2. The number of likely N-dealkylation sites (N-methyl/N-ethyl adjacent to an activating group) is 1. The summed E-state index contributed by atoms with van der Waals surface area (Å²) in [4.78, 5) is 21.6. The average molecular weight is 1680 g/mol. The molecule has 0 saturated heterocycles. The maximum absolute atomic E-state index is 11.5. The van der Waals surface area contributed by atoms with E-state index in [0.29, 0.717) is 28.4 Å². The molecule has 4 aliphatic carbocycles. The van der Waals surface area contributed by atoms with Crippen molar-refractivity contribution in [2.75, 3.05) is 41.7 Å². The Kier molecular flexibility index (Phi) is 45.6. The number of allylic oxidation sites excluding steroid dienone is 12. The fourth-order valence-corrected chi connectivity index (χ4v) is 16.3. The molecule has 0 aromatic heterocycles. The first-order valence-electron chi connectivity index (χ1n) is 43.1. The number of ether oxygens (including phenoxy) is 6. The van der Waals surface area contributed by atoms with Gasteiger partial charge in [0.15, 0.2) is 16.1 Å². The van der Waals surface area contributed by atoms with Crippen LogP contribution in [0.1, 0.15) is 280 Å². The van der Waals surface area contributed by atoms with Crippen molar-refractivity contribution in [3.63, 3.8) is 0 Å². The lowest BCUT2D eigenvalue weighted by Crippen LogP contribution is -2.30. The van der Waals surface area contributed by atoms with Crippen LogP contribution in [0.4, 0.5) is 0 Å². The Bertz CT molecular complexity index is 4370. The number of unbranched alkanes of at least 4 members (excludes halogenated alkanes) is 8. The maximum Gasteiger partial charge on any atom is 0.333 e. The van der Waals surface area contributed by atoms with E-state index >= 15 is 0 Å². The molecule has 4 aromatic carbocycles. The van der Waals surface area contributed by atoms with Gasteiger partial charge >= 0.3 is 11.9 Å². The minimum Gasteiger partial charge on any atom is -0.507 e. The fourth-order valence-electron chi connectivity index (χ4n) is 16.0. The van der Waals surface area contributed by atoms with E-state index in [1.54, 1.807) is 14.1 Å². The minimum atomic E-state index is -3.30. The molecule has 0 bridgehead atoms. The van der Waals surface area contributed by atoms with Crippen LogP contribution in [0.15, 0.2) is 192 Å². The standard InChI is InChI=1S/C26H39NO4.C25H34O4.C24H34O4S.C21H30O2.C5H9NO2/c1-7-8-9-10-19-14-22(28)26(21-13-18(4)11-12-20(21)17(2)3)23(15-19)31-24(27-5)16-25(29)30-6;1-6-7-8-9-19-15-22(26)25(23(16-19)29-13-12-24(27)28-5)21-14-18(4)10-11-20(21)17(2)3;1-6-7-8-9-19-15-22(25)24(23(16-19)28-12-13-29(5,26)27)21-14-18(4)10-11-20(21)17(2)3;1-5-6-7-8-16-12-19(22)21(20(23)13-16)18-11-15(4)9-10-17(18)14(2)3;1-6-4-3-5(7)8-2/h13-16,20-21,24,27-29H,2,7-12H2,1,3-6H3;12-16,20-21,26H,2,6-11H2,1,3-5H3;12-16,20-21,25H,2,6-11H2,1,3-5H3;11-13,17-18,22-23H,2,5-10H2,1,3-4H3;3-4,6H,1-2H3/b25-16+;2*13-12+;;4-3-/t20-,21+,24?;2*20-,21+;17-,18+;/m0000./s1. The first-order chi connectivity index (χ1) is 57.0. The lowest BCUT2D eigenvalue weighted by Gasteiger charge is -2.32. The second-order valence-corrected chi connectivity index (χ2v) is 34.9. The second kappa shape index (κ2) is 53.2. The molecule has 19 heteroatoms. The number of esters is 2. The van der Waals surface area contributed by atoms with E-state index in [1.807, 2.05) is 69.3 Å². The Morgan fingerprint density at radius 2 is 0.758 bits per heavy atom. The summed E-state index contributed by atoms with van der Waals surface area (Å²) >= 11 is 0. The van der Waals surface area contributed by atoms with Gasteiger partial charge in [-0.3, -0.25) is 5.32 Å². The lowest BCUT2D eigenvalue weighted by molar-refractivity contribution is -0.135. The number of aromatic hydroxyl groups is 5. The van der Waals surface area contributed by atoms with Gasteiger partial charge in [0.2, 0.25) is 0 Å². The van der Waals surface area contributed by atoms with Crippen LogP contribution in [0.3, 0.4) is 0 Å². The summed E-state index contributed by atoms with van der Waals surface area (Å²) in [7, 11) is 4.22. The number of nitrogens with one attached hydrogen (secondary N) is 2. The van der Waals surface area contributed by atoms with E-state index in [2.05, 4.69) is 133 Å². The summed E-state index contributed by atoms with van der Waals surface area (Å²) in [6.45, 7) is 42.0. The number of sulfone groups is 1. The van der Waals surface area contributed by atoms with E-state index < -0.39 is 22.0 Å². The number of rotatable bonds is 37. The van der Waals surface area contributed by atoms with Crippen LogP contribution < -0.4 is 24.8 Å². The largest absolute Gasteiger partial charge is 0.507 e. The van der Waals surface area contributed by atoms with Crippen LogP contribution in [0.5, 0.6) is 46.0 Å². The third-order valence-electron chi connectivity index (χ3n) is 22.6. The molecule has 9 atom stereocenters. The average Bonchev–Trinajstić information content (AvgIpc) is 0.790. The molecular weight excluding hydrogens is 1530 g/mol. The number of hydrogen-bond acceptors (Lipinski definition) is 18. The van der Waals surface area contributed by atoms with E-state index in [0.717, 1.165) is 209 Å². The van der Waals surface area contributed by atoms with E-state index in [-0.39, 0.29) is 88.0 Å². The molecule has 0 fully saturated rings. The molecule has 0 saturated carbocycles. The Morgan fingerprint density at radius 1 is 0.458 bits per heavy atom. The summed E-state index contributed by atoms with van der Waals surface area (Å²) in [5.74, 6) is 2.70. The highest BCUT2D eigenvalue weighted by Crippen LogP contribution is 2.52. The fraction of sp³-hybridized carbons (Fsp3) is 0.505. The normalized spacial score (nSPS) is 19.3. The molecular formula is C101H146N2O16S. The first kappa shape index (κ1) is 103. The highest BCUT2D eigenvalue weighted by molar-refractivity contribution is 7.93. The van der Waals surface area contributed by atoms with Gasteiger partial charge in [-0.15, -0.1) is 0 Å². The first-order valence-corrected chi connectivity index (χ1v) is 45.1. The number of phenols is 5. The van der Waals surface area contributed by atoms with E-state index in [1.165, 1.54) is 93.4 Å². The maximum atomic E-state index is 11.5. The van der Waals surface area contributed by atoms with Gasteiger partial charge in [0.1, 0.15) is 52.3 Å². The molecule has 0 radical (unpaired) electrons. The highest BCUT2D eigenvalue weighted by atomic mass is 32.2. The summed E-state index contributed by atoms with van der Waals surface area (Å²) < 4.78 is 54.6. The predicted octanol–water partition coefficient (Wildman–Crippen LogP) is 24.1. The van der Waals surface area contributed by atoms with Gasteiger partial charge in [-0.2, -0.15) is 0 Å². The zero-order valence-electron chi connectivity index (χ0n) is 75.6. The quantitative estimate of drug-likeness (QED) is 0.00521. The van der Waals surface area contributed by atoms with Crippen LogP contribution >= 0.6 is 0 Å². The third-order valence-corrected chi connectivity index (χ3v) is 23.2. The topological polar surface area (TPSA) is 269 Å². The number of aliphatic hydroxyl groups is 1. The van der Waals surface area contributed by atoms with Gasteiger partial charge in [-0.1, -0.05) is 174 Å². The van der Waals surface area contributed by atoms with Crippen molar-refractivity contribution in [1.29, 1.82) is 0 Å². The van der Waals surface area contributed by atoms with Gasteiger partial charge in [0.25, 0.3) is 5.95 Å². The monoisotopic (exact) mass is 1680 g/mol. The Hall–Kier alpha value is -9.59. The van der Waals surface area contributed by atoms with Gasteiger partial charge < -0.3 is 64.4 Å². The third kappa shape index (κ3) is 34.1. The highest BCUT2D eigenvalue weighted by Gasteiger charge is 2.36. The van der Waals surface area contributed by atoms with Crippen LogP contribution in [0, 0.1) is 23.7 Å². The van der Waals surface area contributed by atoms with Gasteiger partial charge in [-0.25, -0.2) is 18.0 Å². The number of methoxy groups -OCH3 is 3. The Balaban J connectivity index is 0.000000327. The number of benzene rings is 4. The van der Waals surface area contributed by atoms with Crippen molar-refractivity contribution in [2.24, 2.45) is 23.7 Å². The van der Waals surface area contributed by atoms with Gasteiger partial charge in [0, 0.05) is 71.5 Å². The van der Waals surface area contributed by atoms with Crippen molar-refractivity contribution < 1.29 is 77.1 Å². The molecule has 1 unspecified atom stereocenters. The predicted molar refractivity (Wildman–Crippen MR) is 491 cm³/mol. The summed E-state index contributed by atoms with van der Waals surface area (Å²) in [6.07, 6.45) is 42.4. The molecule has 18 nitrogen and oxygen atoms in total. The number of aryl methyl sites for hydroxylation is 4. The molecule has 8 N–H and O–H groups in total. The number of hydrogen-bond donors (Lipinski definition) is 8. The van der Waals surface area contributed by atoms with Crippen molar-refractivity contribution in [1.82, 2.24) is 10.6 Å². The molecule has 8 rings (SSSR count). The van der Waals surface area contributed by atoms with Crippen LogP contribution in [-0.4, -0.2) is 98.9 Å². The van der Waals surface area contributed by atoms with Crippen molar-refractivity contribution >= 4 is 21.8 Å². The lowest BCUT2D eigenvalue weighted by atomic mass is 9.73. The second-order valence-electron chi connectivity index (χ2n) is 32.9. The Labute approximate surface area is 720 Å². The molecule has 4 aliphatic rings. The van der Waals surface area contributed by atoms with Crippen LogP contribution in [-0.2, 0) is 59.3 Å². The Morgan fingerprint density at radius 3 is 1.06 bits per heavy atom. The number of carbonyl (C=O) groups is 2. The molecule has 4 aromatic rings. The molecule has 0 heterocycles. The van der Waals surface area contributed by atoms with Crippen LogP contribution in [0.2, 0.25) is 0 Å². The molecule has 0 spiro atoms. The minimum absolute atomic E-state index is 0.00697. The van der Waals surface area contributed by atoms with Crippen LogP contribution in [0.25, 0.3) is 0 Å². The zero-order chi connectivity index (χ0) is 89.3. The van der Waals surface area contributed by atoms with Crippen molar-refractivity contribution in [3.8, 4) is 46.0 Å². The molecule has 662 valence electrons. The van der Waals surface area contributed by atoms with E-state index in [9.17, 15) is 48.6 Å². The van der Waals surface area contributed by atoms with E-state index in [4.69, 9.17) is 18.9 Å².